The minimum Gasteiger partial charge on any atom is -0.399 e. The van der Waals surface area contributed by atoms with Gasteiger partial charge in [-0.25, -0.2) is 8.42 Å². The number of hydrogen-bond donors (Lipinski definition) is 1. The van der Waals surface area contributed by atoms with Crippen LogP contribution in [-0.4, -0.2) is 20.5 Å². The summed E-state index contributed by atoms with van der Waals surface area (Å²) in [6.45, 7) is 0. The third-order valence-corrected chi connectivity index (χ3v) is 3.85. The van der Waals surface area contributed by atoms with E-state index in [0.717, 1.165) is 6.26 Å². The molecule has 0 bridgehead atoms. The van der Waals surface area contributed by atoms with Crippen molar-refractivity contribution in [3.05, 3.63) is 59.7 Å². The van der Waals surface area contributed by atoms with Crippen molar-refractivity contribution in [2.45, 2.75) is 4.90 Å². The fourth-order valence-corrected chi connectivity index (χ4v) is 2.29. The molecule has 2 N–H and O–H groups in total. The molecule has 98 valence electrons. The summed E-state index contributed by atoms with van der Waals surface area (Å²) in [4.78, 5) is 12.3. The molecule has 0 atom stereocenters. The monoisotopic (exact) mass is 275 g/mol. The second kappa shape index (κ2) is 4.85. The van der Waals surface area contributed by atoms with Crippen molar-refractivity contribution in [1.82, 2.24) is 0 Å². The lowest BCUT2D eigenvalue weighted by Gasteiger charge is -2.03. The minimum atomic E-state index is -3.24. The van der Waals surface area contributed by atoms with Crippen LogP contribution in [0.25, 0.3) is 0 Å². The number of hydrogen-bond acceptors (Lipinski definition) is 4. The zero-order valence-corrected chi connectivity index (χ0v) is 11.1. The molecule has 0 spiro atoms. The van der Waals surface area contributed by atoms with Crippen LogP contribution in [0.5, 0.6) is 0 Å². The van der Waals surface area contributed by atoms with Gasteiger partial charge in [-0.3, -0.25) is 4.79 Å². The smallest absolute Gasteiger partial charge is 0.193 e. The Labute approximate surface area is 111 Å². The molecule has 0 aliphatic rings. The molecule has 0 saturated carbocycles. The molecule has 0 heterocycles. The first-order valence-electron chi connectivity index (χ1n) is 5.58. The Balaban J connectivity index is 2.32. The van der Waals surface area contributed by atoms with Gasteiger partial charge in [0, 0.05) is 23.1 Å². The van der Waals surface area contributed by atoms with Crippen LogP contribution in [-0.2, 0) is 9.84 Å². The van der Waals surface area contributed by atoms with E-state index in [1.165, 1.54) is 24.3 Å². The Bertz CT molecular complexity index is 701. The molecule has 0 aliphatic heterocycles. The Hall–Kier alpha value is -2.14. The molecule has 0 saturated heterocycles. The van der Waals surface area contributed by atoms with Crippen molar-refractivity contribution in [3.8, 4) is 0 Å². The maximum atomic E-state index is 12.1. The zero-order valence-electron chi connectivity index (χ0n) is 10.3. The maximum Gasteiger partial charge on any atom is 0.193 e. The first kappa shape index (κ1) is 13.3. The number of carbonyl (C=O) groups excluding carboxylic acids is 1. The van der Waals surface area contributed by atoms with Crippen molar-refractivity contribution in [3.63, 3.8) is 0 Å². The molecule has 2 aromatic rings. The molecule has 0 aliphatic carbocycles. The van der Waals surface area contributed by atoms with E-state index in [1.807, 2.05) is 0 Å². The highest BCUT2D eigenvalue weighted by Crippen LogP contribution is 2.15. The van der Waals surface area contributed by atoms with Crippen molar-refractivity contribution in [1.29, 1.82) is 0 Å². The number of anilines is 1. The average Bonchev–Trinajstić information content (AvgIpc) is 2.38. The van der Waals surface area contributed by atoms with E-state index < -0.39 is 9.84 Å². The van der Waals surface area contributed by atoms with Gasteiger partial charge in [-0.15, -0.1) is 0 Å². The van der Waals surface area contributed by atoms with Gasteiger partial charge in [0.05, 0.1) is 4.90 Å². The van der Waals surface area contributed by atoms with Gasteiger partial charge in [-0.05, 0) is 48.5 Å². The first-order valence-corrected chi connectivity index (χ1v) is 7.47. The third kappa shape index (κ3) is 3.00. The van der Waals surface area contributed by atoms with E-state index in [4.69, 9.17) is 5.73 Å². The lowest BCUT2D eigenvalue weighted by atomic mass is 10.0. The zero-order chi connectivity index (χ0) is 14.0. The van der Waals surface area contributed by atoms with Crippen molar-refractivity contribution >= 4 is 21.3 Å². The number of nitrogens with two attached hydrogens (primary N) is 1. The molecule has 0 aromatic heterocycles. The van der Waals surface area contributed by atoms with Crippen LogP contribution >= 0.6 is 0 Å². The molecule has 0 amide bonds. The van der Waals surface area contributed by atoms with E-state index in [9.17, 15) is 13.2 Å². The second-order valence-corrected chi connectivity index (χ2v) is 6.26. The lowest BCUT2D eigenvalue weighted by molar-refractivity contribution is 0.103. The Morgan fingerprint density at radius 3 is 1.74 bits per heavy atom. The van der Waals surface area contributed by atoms with Crippen LogP contribution in [0.2, 0.25) is 0 Å². The van der Waals surface area contributed by atoms with Crippen LogP contribution in [0, 0.1) is 0 Å². The summed E-state index contributed by atoms with van der Waals surface area (Å²) in [5, 5.41) is 0. The van der Waals surface area contributed by atoms with Gasteiger partial charge in [-0.1, -0.05) is 0 Å². The number of benzene rings is 2. The van der Waals surface area contributed by atoms with Gasteiger partial charge in [0.1, 0.15) is 0 Å². The van der Waals surface area contributed by atoms with Gasteiger partial charge < -0.3 is 5.73 Å². The molecule has 2 rings (SSSR count). The predicted octanol–water partition coefficient (Wildman–Crippen LogP) is 1.90. The van der Waals surface area contributed by atoms with Gasteiger partial charge in [0.2, 0.25) is 0 Å². The molecule has 0 fully saturated rings. The molecular weight excluding hydrogens is 262 g/mol. The number of rotatable bonds is 3. The normalized spacial score (nSPS) is 11.2. The molecule has 2 aromatic carbocycles. The first-order chi connectivity index (χ1) is 8.88. The molecule has 0 unspecified atom stereocenters. The summed E-state index contributed by atoms with van der Waals surface area (Å²) in [6, 6.07) is 12.5. The lowest BCUT2D eigenvalue weighted by Crippen LogP contribution is -2.03. The van der Waals surface area contributed by atoms with Crippen LogP contribution in [0.3, 0.4) is 0 Å². The number of sulfone groups is 1. The van der Waals surface area contributed by atoms with Crippen molar-refractivity contribution in [2.24, 2.45) is 0 Å². The summed E-state index contributed by atoms with van der Waals surface area (Å²) in [7, 11) is -3.24. The maximum absolute atomic E-state index is 12.1. The SMILES string of the molecule is CS(=O)(=O)c1ccc(C(=O)c2ccc(N)cc2)cc1. The average molecular weight is 275 g/mol. The minimum absolute atomic E-state index is 0.167. The van der Waals surface area contributed by atoms with E-state index in [0.29, 0.717) is 16.8 Å². The van der Waals surface area contributed by atoms with E-state index in [1.54, 1.807) is 24.3 Å². The van der Waals surface area contributed by atoms with Crippen LogP contribution < -0.4 is 5.73 Å². The molecule has 0 radical (unpaired) electrons. The number of nitrogen functional groups attached to an aromatic ring is 1. The number of carbonyl (C=O) groups is 1. The summed E-state index contributed by atoms with van der Waals surface area (Å²) < 4.78 is 22.6. The number of ketones is 1. The van der Waals surface area contributed by atoms with Gasteiger partial charge in [-0.2, -0.15) is 0 Å². The fraction of sp³-hybridized carbons (Fsp3) is 0.0714. The molecule has 19 heavy (non-hydrogen) atoms. The summed E-state index contributed by atoms with van der Waals surface area (Å²) in [6.07, 6.45) is 1.13. The summed E-state index contributed by atoms with van der Waals surface area (Å²) >= 11 is 0. The van der Waals surface area contributed by atoms with Crippen molar-refractivity contribution in [2.75, 3.05) is 12.0 Å². The standard InChI is InChI=1S/C14H13NO3S/c1-19(17,18)13-8-4-11(5-9-13)14(16)10-2-6-12(15)7-3-10/h2-9H,15H2,1H3. The van der Waals surface area contributed by atoms with Crippen LogP contribution in [0.4, 0.5) is 5.69 Å². The Morgan fingerprint density at radius 2 is 1.32 bits per heavy atom. The fourth-order valence-electron chi connectivity index (χ4n) is 1.65. The quantitative estimate of drug-likeness (QED) is 0.685. The van der Waals surface area contributed by atoms with E-state index >= 15 is 0 Å². The van der Waals surface area contributed by atoms with E-state index in [2.05, 4.69) is 0 Å². The van der Waals surface area contributed by atoms with Crippen LogP contribution in [0.1, 0.15) is 15.9 Å². The van der Waals surface area contributed by atoms with Crippen LogP contribution in [0.15, 0.2) is 53.4 Å². The highest BCUT2D eigenvalue weighted by Gasteiger charge is 2.11. The third-order valence-electron chi connectivity index (χ3n) is 2.72. The Morgan fingerprint density at radius 1 is 0.895 bits per heavy atom. The van der Waals surface area contributed by atoms with Crippen molar-refractivity contribution < 1.29 is 13.2 Å². The summed E-state index contributed by atoms with van der Waals surface area (Å²) in [5.74, 6) is -0.167. The predicted molar refractivity (Wildman–Crippen MR) is 73.8 cm³/mol. The summed E-state index contributed by atoms with van der Waals surface area (Å²) in [5.41, 5.74) is 7.10. The molecule has 4 nitrogen and oxygen atoms in total. The largest absolute Gasteiger partial charge is 0.399 e. The van der Waals surface area contributed by atoms with Gasteiger partial charge in [0.25, 0.3) is 0 Å². The highest BCUT2D eigenvalue weighted by molar-refractivity contribution is 7.90. The molecular formula is C14H13NO3S. The molecule has 5 heteroatoms. The second-order valence-electron chi connectivity index (χ2n) is 4.25. The Kier molecular flexibility index (Phi) is 3.40. The van der Waals surface area contributed by atoms with Gasteiger partial charge >= 0.3 is 0 Å². The van der Waals surface area contributed by atoms with Gasteiger partial charge in [0.15, 0.2) is 15.6 Å². The highest BCUT2D eigenvalue weighted by atomic mass is 32.2. The van der Waals surface area contributed by atoms with E-state index in [-0.39, 0.29) is 10.7 Å². The topological polar surface area (TPSA) is 77.2 Å².